The van der Waals surface area contributed by atoms with Crippen LogP contribution >= 0.6 is 10.0 Å². The standard InChI is InChI=1S/C10H25ClGe2/c1-6-12(7-2,8-3)13(11,9-4)10-5/h6-10H2,1-5H3. The molecule has 0 rings (SSSR count). The predicted octanol–water partition coefficient (Wildman–Crippen LogP) is 4.80. The summed E-state index contributed by atoms with van der Waals surface area (Å²) < 4.78 is 0. The van der Waals surface area contributed by atoms with Crippen molar-refractivity contribution in [2.75, 3.05) is 0 Å². The Hall–Kier alpha value is 1.38. The number of rotatable bonds is 6. The molecule has 0 N–H and O–H groups in total. The van der Waals surface area contributed by atoms with Gasteiger partial charge in [-0.2, -0.15) is 0 Å². The molecule has 0 spiro atoms. The van der Waals surface area contributed by atoms with E-state index in [1.165, 1.54) is 26.3 Å². The third-order valence-corrected chi connectivity index (χ3v) is 74.9. The van der Waals surface area contributed by atoms with Crippen LogP contribution in [0, 0.1) is 0 Å². The molecule has 13 heavy (non-hydrogen) atoms. The van der Waals surface area contributed by atoms with Crippen molar-refractivity contribution in [2.45, 2.75) is 60.9 Å². The molecule has 0 aromatic carbocycles. The quantitative estimate of drug-likeness (QED) is 0.615. The zero-order valence-electron chi connectivity index (χ0n) is 9.91. The Bertz CT molecular complexity index is 132. The molecule has 0 aromatic rings. The Morgan fingerprint density at radius 3 is 1.08 bits per heavy atom. The summed E-state index contributed by atoms with van der Waals surface area (Å²) in [6, 6.07) is 0. The number of hydrogen-bond acceptors (Lipinski definition) is 0. The SMILES string of the molecule is C[CH2][Ge]([Cl])([CH2]C)[Ge]([CH2]C)([CH2]C)[CH2]C. The maximum absolute atomic E-state index is 7.00. The molecule has 0 aliphatic heterocycles. The van der Waals surface area contributed by atoms with Gasteiger partial charge < -0.3 is 0 Å². The van der Waals surface area contributed by atoms with Gasteiger partial charge in [0.2, 0.25) is 0 Å². The second kappa shape index (κ2) is 6.07. The van der Waals surface area contributed by atoms with Crippen molar-refractivity contribution in [2.24, 2.45) is 0 Å². The van der Waals surface area contributed by atoms with Gasteiger partial charge in [-0.05, 0) is 0 Å². The first-order valence-electron chi connectivity index (χ1n) is 5.74. The maximum atomic E-state index is 7.00. The second-order valence-electron chi connectivity index (χ2n) is 4.01. The average Bonchev–Trinajstić information content (AvgIpc) is 2.20. The van der Waals surface area contributed by atoms with Crippen LogP contribution in [0.3, 0.4) is 0 Å². The fraction of sp³-hybridized carbons (Fsp3) is 1.00. The summed E-state index contributed by atoms with van der Waals surface area (Å²) in [7, 11) is 5.15. The predicted molar refractivity (Wildman–Crippen MR) is 69.8 cm³/mol. The second-order valence-corrected chi connectivity index (χ2v) is 50.1. The van der Waals surface area contributed by atoms with Gasteiger partial charge in [0.1, 0.15) is 0 Å². The monoisotopic (exact) mass is 328 g/mol. The third kappa shape index (κ3) is 2.69. The molecular weight excluding hydrogens is 301 g/mol. The number of halogens is 1. The zero-order valence-corrected chi connectivity index (χ0v) is 14.9. The van der Waals surface area contributed by atoms with Gasteiger partial charge in [0.25, 0.3) is 0 Å². The Kier molecular flexibility index (Phi) is 6.71. The first kappa shape index (κ1) is 14.4. The molecule has 0 bridgehead atoms. The molecule has 0 fully saturated rings. The van der Waals surface area contributed by atoms with Gasteiger partial charge in [-0.25, -0.2) is 0 Å². The zero-order chi connectivity index (χ0) is 10.5. The minimum absolute atomic E-state index is 1.35. The Labute approximate surface area is 92.1 Å². The molecule has 0 heterocycles. The summed E-state index contributed by atoms with van der Waals surface area (Å²) in [6.45, 7) is 11.9. The van der Waals surface area contributed by atoms with Gasteiger partial charge in [-0.3, -0.25) is 0 Å². The third-order valence-electron chi connectivity index (χ3n) is 4.10. The van der Waals surface area contributed by atoms with Gasteiger partial charge in [0.05, 0.1) is 0 Å². The van der Waals surface area contributed by atoms with Crippen LogP contribution in [0.15, 0.2) is 0 Å². The van der Waals surface area contributed by atoms with Crippen molar-refractivity contribution in [1.82, 2.24) is 0 Å². The molecule has 0 aliphatic carbocycles. The van der Waals surface area contributed by atoms with Crippen molar-refractivity contribution in [3.05, 3.63) is 0 Å². The molecule has 0 radical (unpaired) electrons. The van der Waals surface area contributed by atoms with Crippen LogP contribution in [-0.2, 0) is 0 Å². The van der Waals surface area contributed by atoms with Gasteiger partial charge in [-0.1, -0.05) is 0 Å². The van der Waals surface area contributed by atoms with E-state index in [1.807, 2.05) is 0 Å². The van der Waals surface area contributed by atoms with Crippen LogP contribution in [0.1, 0.15) is 34.6 Å². The summed E-state index contributed by atoms with van der Waals surface area (Å²) >= 11 is -1.56. The molecule has 0 nitrogen and oxygen atoms in total. The summed E-state index contributed by atoms with van der Waals surface area (Å²) in [5, 5.41) is 7.12. The van der Waals surface area contributed by atoms with Crippen molar-refractivity contribution in [1.29, 1.82) is 0 Å². The van der Waals surface area contributed by atoms with E-state index in [2.05, 4.69) is 34.6 Å². The fourth-order valence-corrected chi connectivity index (χ4v) is 61.9. The van der Waals surface area contributed by atoms with Crippen LogP contribution in [0.25, 0.3) is 0 Å². The molecule has 0 aliphatic rings. The number of hydrogen-bond donors (Lipinski definition) is 0. The van der Waals surface area contributed by atoms with Gasteiger partial charge in [-0.15, -0.1) is 0 Å². The van der Waals surface area contributed by atoms with E-state index in [-0.39, 0.29) is 0 Å². The molecule has 80 valence electrons. The summed E-state index contributed by atoms with van der Waals surface area (Å²) in [5.41, 5.74) is 0. The fourth-order valence-electron chi connectivity index (χ4n) is 2.70. The van der Waals surface area contributed by atoms with Crippen molar-refractivity contribution >= 4 is 31.7 Å². The minimum atomic E-state index is -1.85. The van der Waals surface area contributed by atoms with Crippen LogP contribution in [-0.4, -0.2) is 21.7 Å². The van der Waals surface area contributed by atoms with E-state index in [4.69, 9.17) is 10.0 Å². The summed E-state index contributed by atoms with van der Waals surface area (Å²) in [4.78, 5) is 0. The van der Waals surface area contributed by atoms with E-state index < -0.39 is 21.7 Å². The van der Waals surface area contributed by atoms with Gasteiger partial charge in [0.15, 0.2) is 0 Å². The Morgan fingerprint density at radius 1 is 0.692 bits per heavy atom. The Balaban J connectivity index is 4.87. The van der Waals surface area contributed by atoms with E-state index in [0.29, 0.717) is 0 Å². The molecular formula is C10H25ClGe2. The summed E-state index contributed by atoms with van der Waals surface area (Å²) in [5.74, 6) is 0. The molecule has 0 unspecified atom stereocenters. The molecule has 0 atom stereocenters. The molecule has 0 saturated heterocycles. The Morgan fingerprint density at radius 2 is 1.00 bits per heavy atom. The van der Waals surface area contributed by atoms with Crippen molar-refractivity contribution in [3.8, 4) is 0 Å². The normalized spacial score (nSPS) is 13.4. The first-order chi connectivity index (χ1) is 6.05. The van der Waals surface area contributed by atoms with Crippen LogP contribution in [0.5, 0.6) is 0 Å². The molecule has 3 heteroatoms. The average molecular weight is 326 g/mol. The summed E-state index contributed by atoms with van der Waals surface area (Å²) in [6.07, 6.45) is 0. The molecule has 0 saturated carbocycles. The van der Waals surface area contributed by atoms with Gasteiger partial charge in [0, 0.05) is 0 Å². The van der Waals surface area contributed by atoms with E-state index >= 15 is 0 Å². The first-order valence-corrected chi connectivity index (χ1v) is 22.4. The van der Waals surface area contributed by atoms with Crippen LogP contribution in [0.2, 0.25) is 26.3 Å². The van der Waals surface area contributed by atoms with Gasteiger partial charge >= 0.3 is 92.6 Å². The van der Waals surface area contributed by atoms with E-state index in [0.717, 1.165) is 0 Å². The van der Waals surface area contributed by atoms with Crippen molar-refractivity contribution < 1.29 is 0 Å². The topological polar surface area (TPSA) is 0 Å². The molecule has 0 amide bonds. The van der Waals surface area contributed by atoms with Crippen molar-refractivity contribution in [3.63, 3.8) is 0 Å². The molecule has 0 aromatic heterocycles. The van der Waals surface area contributed by atoms with Crippen LogP contribution < -0.4 is 0 Å². The van der Waals surface area contributed by atoms with E-state index in [9.17, 15) is 0 Å². The van der Waals surface area contributed by atoms with E-state index in [1.54, 1.807) is 0 Å². The van der Waals surface area contributed by atoms with Crippen LogP contribution in [0.4, 0.5) is 0 Å².